The van der Waals surface area contributed by atoms with Crippen molar-refractivity contribution in [2.24, 2.45) is 0 Å². The molecule has 1 aliphatic rings. The van der Waals surface area contributed by atoms with Crippen molar-refractivity contribution in [3.63, 3.8) is 0 Å². The number of rotatable bonds is 6. The highest BCUT2D eigenvalue weighted by molar-refractivity contribution is 6.29. The Morgan fingerprint density at radius 1 is 1.27 bits per heavy atom. The monoisotopic (exact) mass is 374 g/mol. The van der Waals surface area contributed by atoms with Crippen LogP contribution in [0.1, 0.15) is 32.4 Å². The molecule has 6 heteroatoms. The molecule has 0 amide bonds. The molecule has 0 spiro atoms. The van der Waals surface area contributed by atoms with Crippen molar-refractivity contribution in [1.82, 2.24) is 9.55 Å². The Morgan fingerprint density at radius 3 is 3.00 bits per heavy atom. The number of halogens is 2. The van der Waals surface area contributed by atoms with E-state index < -0.39 is 0 Å². The van der Waals surface area contributed by atoms with E-state index in [0.717, 1.165) is 30.7 Å². The van der Waals surface area contributed by atoms with Gasteiger partial charge in [-0.3, -0.25) is 0 Å². The molecule has 0 saturated heterocycles. The summed E-state index contributed by atoms with van der Waals surface area (Å²) in [6.45, 7) is 3.45. The van der Waals surface area contributed by atoms with Crippen molar-refractivity contribution in [2.45, 2.75) is 32.4 Å². The van der Waals surface area contributed by atoms with Gasteiger partial charge in [-0.05, 0) is 36.8 Å². The van der Waals surface area contributed by atoms with Crippen LogP contribution in [0.3, 0.4) is 0 Å². The molecule has 3 heterocycles. The first-order valence-corrected chi connectivity index (χ1v) is 9.27. The number of ether oxygens (including phenoxy) is 2. The van der Waals surface area contributed by atoms with Gasteiger partial charge in [-0.25, -0.2) is 9.37 Å². The van der Waals surface area contributed by atoms with Gasteiger partial charge in [0, 0.05) is 18.4 Å². The summed E-state index contributed by atoms with van der Waals surface area (Å²) >= 11 is 6.07. The summed E-state index contributed by atoms with van der Waals surface area (Å²) in [5.74, 6) is 0.398. The second-order valence-electron chi connectivity index (χ2n) is 6.38. The Bertz CT molecular complexity index is 941. The molecule has 0 saturated carbocycles. The molecule has 0 radical (unpaired) electrons. The van der Waals surface area contributed by atoms with Crippen molar-refractivity contribution in [3.8, 4) is 17.1 Å². The zero-order valence-corrected chi connectivity index (χ0v) is 15.3. The fraction of sp³-hybridized carbons (Fsp3) is 0.350. The molecule has 0 bridgehead atoms. The Hall–Kier alpha value is -2.11. The van der Waals surface area contributed by atoms with Crippen molar-refractivity contribution in [3.05, 3.63) is 47.4 Å². The van der Waals surface area contributed by atoms with Crippen LogP contribution in [-0.4, -0.2) is 22.8 Å². The molecule has 2 aromatic heterocycles. The smallest absolute Gasteiger partial charge is 0.178 e. The maximum Gasteiger partial charge on any atom is 0.178 e. The Balaban J connectivity index is 1.74. The summed E-state index contributed by atoms with van der Waals surface area (Å²) in [6.07, 6.45) is 2.53. The van der Waals surface area contributed by atoms with E-state index in [0.29, 0.717) is 35.0 Å². The molecular formula is C20H20ClFN2O2. The first-order chi connectivity index (χ1) is 12.7. The molecule has 1 atom stereocenters. The van der Waals surface area contributed by atoms with Gasteiger partial charge in [0.15, 0.2) is 6.23 Å². The van der Waals surface area contributed by atoms with Gasteiger partial charge >= 0.3 is 0 Å². The van der Waals surface area contributed by atoms with Gasteiger partial charge in [0.25, 0.3) is 0 Å². The standard InChI is InChI=1S/C20H20ClFN2O2/c1-2-3-10-25-11-9-19-24-15-6-4-5-14(22)13(15)12-16(24)20-17(26-19)7-8-18(21)23-20/h4-8,12,19H,2-3,9-11H2,1H3. The van der Waals surface area contributed by atoms with Crippen molar-refractivity contribution >= 4 is 22.5 Å². The van der Waals surface area contributed by atoms with Gasteiger partial charge in [-0.1, -0.05) is 31.0 Å². The number of aromatic nitrogens is 2. The molecule has 4 nitrogen and oxygen atoms in total. The lowest BCUT2D eigenvalue weighted by atomic mass is 10.2. The van der Waals surface area contributed by atoms with Gasteiger partial charge < -0.3 is 14.0 Å². The van der Waals surface area contributed by atoms with Crippen LogP contribution in [0.2, 0.25) is 5.15 Å². The number of hydrogen-bond donors (Lipinski definition) is 0. The maximum absolute atomic E-state index is 14.3. The van der Waals surface area contributed by atoms with E-state index in [1.165, 1.54) is 6.07 Å². The van der Waals surface area contributed by atoms with Gasteiger partial charge in [0.1, 0.15) is 22.4 Å². The van der Waals surface area contributed by atoms with Crippen LogP contribution in [0.15, 0.2) is 36.4 Å². The minimum Gasteiger partial charge on any atom is -0.468 e. The summed E-state index contributed by atoms with van der Waals surface area (Å²) < 4.78 is 28.2. The summed E-state index contributed by atoms with van der Waals surface area (Å²) in [4.78, 5) is 4.40. The Morgan fingerprint density at radius 2 is 2.15 bits per heavy atom. The first kappa shape index (κ1) is 17.3. The highest BCUT2D eigenvalue weighted by Gasteiger charge is 2.29. The number of nitrogens with zero attached hydrogens (tertiary/aromatic N) is 2. The predicted octanol–water partition coefficient (Wildman–Crippen LogP) is 5.59. The largest absolute Gasteiger partial charge is 0.468 e. The Labute approximate surface area is 156 Å². The zero-order chi connectivity index (χ0) is 18.1. The maximum atomic E-state index is 14.3. The lowest BCUT2D eigenvalue weighted by Crippen LogP contribution is -2.23. The molecule has 3 aromatic rings. The number of pyridine rings is 1. The third kappa shape index (κ3) is 3.06. The summed E-state index contributed by atoms with van der Waals surface area (Å²) in [5, 5.41) is 0.934. The molecule has 26 heavy (non-hydrogen) atoms. The van der Waals surface area contributed by atoms with Crippen LogP contribution in [0.25, 0.3) is 22.3 Å². The van der Waals surface area contributed by atoms with Crippen molar-refractivity contribution in [1.29, 1.82) is 0 Å². The summed E-state index contributed by atoms with van der Waals surface area (Å²) in [6, 6.07) is 10.4. The predicted molar refractivity (Wildman–Crippen MR) is 100 cm³/mol. The number of hydrogen-bond acceptors (Lipinski definition) is 3. The van der Waals surface area contributed by atoms with E-state index >= 15 is 0 Å². The number of fused-ring (bicyclic) bond motifs is 5. The molecule has 136 valence electrons. The lowest BCUT2D eigenvalue weighted by Gasteiger charge is -2.29. The molecule has 1 aliphatic heterocycles. The molecule has 0 aliphatic carbocycles. The van der Waals surface area contributed by atoms with Crippen LogP contribution in [0.4, 0.5) is 4.39 Å². The lowest BCUT2D eigenvalue weighted by molar-refractivity contribution is 0.0596. The second-order valence-corrected chi connectivity index (χ2v) is 6.77. The zero-order valence-electron chi connectivity index (χ0n) is 14.5. The number of unbranched alkanes of at least 4 members (excludes halogenated alkanes) is 1. The molecule has 1 unspecified atom stereocenters. The number of benzene rings is 1. The molecule has 0 N–H and O–H groups in total. The van der Waals surface area contributed by atoms with Crippen LogP contribution < -0.4 is 4.74 Å². The molecular weight excluding hydrogens is 355 g/mol. The van der Waals surface area contributed by atoms with Crippen LogP contribution in [0.5, 0.6) is 5.75 Å². The van der Waals surface area contributed by atoms with Gasteiger partial charge in [0.2, 0.25) is 0 Å². The van der Waals surface area contributed by atoms with E-state index in [2.05, 4.69) is 11.9 Å². The normalized spacial score (nSPS) is 15.6. The van der Waals surface area contributed by atoms with Gasteiger partial charge in [-0.15, -0.1) is 0 Å². The molecule has 4 rings (SSSR count). The SMILES string of the molecule is CCCCOCCC1Oc2ccc(Cl)nc2-c2cc3c(F)cccc3n21. The third-order valence-corrected chi connectivity index (χ3v) is 4.81. The van der Waals surface area contributed by atoms with Crippen LogP contribution >= 0.6 is 11.6 Å². The minimum atomic E-state index is -0.276. The molecule has 1 aromatic carbocycles. The van der Waals surface area contributed by atoms with Crippen molar-refractivity contribution < 1.29 is 13.9 Å². The van der Waals surface area contributed by atoms with Crippen LogP contribution in [-0.2, 0) is 4.74 Å². The van der Waals surface area contributed by atoms with Crippen LogP contribution in [0, 0.1) is 5.82 Å². The van der Waals surface area contributed by atoms with E-state index in [4.69, 9.17) is 21.1 Å². The van der Waals surface area contributed by atoms with E-state index in [1.807, 2.05) is 22.8 Å². The quantitative estimate of drug-likeness (QED) is 0.416. The summed E-state index contributed by atoms with van der Waals surface area (Å²) in [5.41, 5.74) is 2.23. The Kier molecular flexibility index (Phi) is 4.83. The minimum absolute atomic E-state index is 0.258. The van der Waals surface area contributed by atoms with Crippen molar-refractivity contribution in [2.75, 3.05) is 13.2 Å². The fourth-order valence-electron chi connectivity index (χ4n) is 3.33. The van der Waals surface area contributed by atoms with Gasteiger partial charge in [0.05, 0.1) is 17.8 Å². The topological polar surface area (TPSA) is 36.3 Å². The highest BCUT2D eigenvalue weighted by atomic mass is 35.5. The first-order valence-electron chi connectivity index (χ1n) is 8.90. The van der Waals surface area contributed by atoms with Gasteiger partial charge in [-0.2, -0.15) is 0 Å². The van der Waals surface area contributed by atoms with E-state index in [-0.39, 0.29) is 12.0 Å². The van der Waals surface area contributed by atoms with E-state index in [1.54, 1.807) is 12.1 Å². The third-order valence-electron chi connectivity index (χ3n) is 4.60. The average Bonchev–Trinajstić information content (AvgIpc) is 3.03. The fourth-order valence-corrected chi connectivity index (χ4v) is 3.48. The summed E-state index contributed by atoms with van der Waals surface area (Å²) in [7, 11) is 0. The van der Waals surface area contributed by atoms with E-state index in [9.17, 15) is 4.39 Å². The average molecular weight is 375 g/mol. The second kappa shape index (κ2) is 7.25. The molecule has 0 fully saturated rings. The highest BCUT2D eigenvalue weighted by Crippen LogP contribution is 2.42.